The van der Waals surface area contributed by atoms with Gasteiger partial charge in [-0.05, 0) is 82.3 Å². The van der Waals surface area contributed by atoms with Gasteiger partial charge in [-0.1, -0.05) is 26.0 Å². The minimum Gasteiger partial charge on any atom is -0.497 e. The number of aliphatic carboxylic acids is 1. The summed E-state index contributed by atoms with van der Waals surface area (Å²) in [7, 11) is 1.61. The summed E-state index contributed by atoms with van der Waals surface area (Å²) in [4.78, 5) is 30.5. The van der Waals surface area contributed by atoms with Crippen molar-refractivity contribution in [3.63, 3.8) is 0 Å². The standard InChI is InChI=1S/C29H37N3O4S/c1-18(2)9-8-16-32-20(4)25(27(33)30-24-15-12-22(36-7)17-19(24)3)31-26(32)21-10-13-23(14-11-21)37-29(5,6)28(34)35/h10-15,17-18H,8-9,16H2,1-7H3,(H,30,33)(H,34,35). The van der Waals surface area contributed by atoms with Crippen LogP contribution >= 0.6 is 11.8 Å². The number of ether oxygens (including phenoxy) is 1. The van der Waals surface area contributed by atoms with Crippen LogP contribution in [0.2, 0.25) is 0 Å². The molecular weight excluding hydrogens is 486 g/mol. The Labute approximate surface area is 223 Å². The van der Waals surface area contributed by atoms with Gasteiger partial charge >= 0.3 is 5.97 Å². The van der Waals surface area contributed by atoms with E-state index < -0.39 is 10.7 Å². The Morgan fingerprint density at radius 2 is 1.81 bits per heavy atom. The third-order valence-corrected chi connectivity index (χ3v) is 7.47. The molecule has 1 heterocycles. The van der Waals surface area contributed by atoms with Gasteiger partial charge in [0.1, 0.15) is 22.0 Å². The van der Waals surface area contributed by atoms with E-state index in [1.807, 2.05) is 56.3 Å². The number of carboxylic acids is 1. The monoisotopic (exact) mass is 523 g/mol. The van der Waals surface area contributed by atoms with Gasteiger partial charge < -0.3 is 19.7 Å². The molecular formula is C29H37N3O4S. The summed E-state index contributed by atoms with van der Waals surface area (Å²) in [6.45, 7) is 12.4. The molecule has 0 saturated carbocycles. The number of nitrogens with zero attached hydrogens (tertiary/aromatic N) is 2. The molecule has 37 heavy (non-hydrogen) atoms. The lowest BCUT2D eigenvalue weighted by molar-refractivity contribution is -0.138. The molecule has 0 aliphatic rings. The van der Waals surface area contributed by atoms with Crippen molar-refractivity contribution in [3.8, 4) is 17.1 Å². The van der Waals surface area contributed by atoms with Gasteiger partial charge in [0.25, 0.3) is 5.91 Å². The Kier molecular flexibility index (Phi) is 9.07. The van der Waals surface area contributed by atoms with Crippen molar-refractivity contribution in [2.45, 2.75) is 70.6 Å². The number of nitrogens with one attached hydrogen (secondary N) is 1. The first kappa shape index (κ1) is 28.3. The van der Waals surface area contributed by atoms with E-state index in [2.05, 4.69) is 23.7 Å². The first-order valence-electron chi connectivity index (χ1n) is 12.5. The van der Waals surface area contributed by atoms with Gasteiger partial charge in [0.05, 0.1) is 7.11 Å². The van der Waals surface area contributed by atoms with E-state index in [4.69, 9.17) is 9.72 Å². The number of carboxylic acid groups (broad SMARTS) is 1. The van der Waals surface area contributed by atoms with Crippen LogP contribution in [-0.2, 0) is 11.3 Å². The molecule has 0 atom stereocenters. The number of imidazole rings is 1. The zero-order chi connectivity index (χ0) is 27.3. The molecule has 1 aromatic heterocycles. The highest BCUT2D eigenvalue weighted by molar-refractivity contribution is 8.01. The van der Waals surface area contributed by atoms with Crippen LogP contribution in [0.25, 0.3) is 11.4 Å². The highest BCUT2D eigenvalue weighted by atomic mass is 32.2. The lowest BCUT2D eigenvalue weighted by Crippen LogP contribution is -2.26. The molecule has 0 unspecified atom stereocenters. The third-order valence-electron chi connectivity index (χ3n) is 6.28. The maximum atomic E-state index is 13.3. The Bertz CT molecular complexity index is 1260. The molecule has 0 saturated heterocycles. The van der Waals surface area contributed by atoms with Crippen molar-refractivity contribution in [2.24, 2.45) is 5.92 Å². The molecule has 3 aromatic rings. The second kappa shape index (κ2) is 11.9. The SMILES string of the molecule is COc1ccc(NC(=O)c2nc(-c3ccc(SC(C)(C)C(=O)O)cc3)n(CCCC(C)C)c2C)c(C)c1. The Hall–Kier alpha value is -3.26. The number of aryl methyl sites for hydroxylation is 1. The van der Waals surface area contributed by atoms with Gasteiger partial charge in [0.2, 0.25) is 0 Å². The summed E-state index contributed by atoms with van der Waals surface area (Å²) in [5.74, 6) is 0.927. The highest BCUT2D eigenvalue weighted by Crippen LogP contribution is 2.34. The molecule has 0 aliphatic heterocycles. The van der Waals surface area contributed by atoms with E-state index in [0.29, 0.717) is 17.3 Å². The van der Waals surface area contributed by atoms with Crippen LogP contribution in [0.5, 0.6) is 5.75 Å². The van der Waals surface area contributed by atoms with Gasteiger partial charge in [-0.3, -0.25) is 9.59 Å². The van der Waals surface area contributed by atoms with Crippen molar-refractivity contribution in [1.29, 1.82) is 0 Å². The van der Waals surface area contributed by atoms with Crippen LogP contribution in [0.3, 0.4) is 0 Å². The molecule has 198 valence electrons. The number of thioether (sulfide) groups is 1. The predicted molar refractivity (Wildman–Crippen MR) is 150 cm³/mol. The third kappa shape index (κ3) is 6.95. The molecule has 2 N–H and O–H groups in total. The number of hydrogen-bond donors (Lipinski definition) is 2. The zero-order valence-corrected chi connectivity index (χ0v) is 23.5. The number of hydrogen-bond acceptors (Lipinski definition) is 5. The molecule has 3 rings (SSSR count). The van der Waals surface area contributed by atoms with Crippen LogP contribution in [0, 0.1) is 19.8 Å². The summed E-state index contributed by atoms with van der Waals surface area (Å²) in [6, 6.07) is 13.2. The molecule has 7 nitrogen and oxygen atoms in total. The van der Waals surface area contributed by atoms with Gasteiger partial charge in [-0.25, -0.2) is 4.98 Å². The summed E-state index contributed by atoms with van der Waals surface area (Å²) in [5.41, 5.74) is 3.70. The normalized spacial score (nSPS) is 11.6. The summed E-state index contributed by atoms with van der Waals surface area (Å²) in [5, 5.41) is 12.5. The number of carbonyl (C=O) groups is 2. The van der Waals surface area contributed by atoms with Gasteiger partial charge in [-0.15, -0.1) is 11.8 Å². The fourth-order valence-corrected chi connectivity index (χ4v) is 4.94. The molecule has 0 fully saturated rings. The highest BCUT2D eigenvalue weighted by Gasteiger charge is 2.28. The largest absolute Gasteiger partial charge is 0.497 e. The van der Waals surface area contributed by atoms with Crippen molar-refractivity contribution in [2.75, 3.05) is 12.4 Å². The van der Waals surface area contributed by atoms with Crippen LogP contribution in [0.4, 0.5) is 5.69 Å². The fraction of sp³-hybridized carbons (Fsp3) is 0.414. The zero-order valence-electron chi connectivity index (χ0n) is 22.7. The summed E-state index contributed by atoms with van der Waals surface area (Å²) < 4.78 is 6.45. The lowest BCUT2D eigenvalue weighted by Gasteiger charge is -2.18. The summed E-state index contributed by atoms with van der Waals surface area (Å²) in [6.07, 6.45) is 2.05. The average Bonchev–Trinajstić information content (AvgIpc) is 3.16. The number of carbonyl (C=O) groups excluding carboxylic acids is 1. The van der Waals surface area contributed by atoms with Gasteiger partial charge in [-0.2, -0.15) is 0 Å². The molecule has 0 bridgehead atoms. The molecule has 8 heteroatoms. The lowest BCUT2D eigenvalue weighted by atomic mass is 10.1. The predicted octanol–water partition coefficient (Wildman–Crippen LogP) is 6.82. The van der Waals surface area contributed by atoms with E-state index in [0.717, 1.165) is 52.7 Å². The molecule has 2 aromatic carbocycles. The first-order valence-corrected chi connectivity index (χ1v) is 13.3. The fourth-order valence-electron chi connectivity index (χ4n) is 4.00. The maximum absolute atomic E-state index is 13.3. The average molecular weight is 524 g/mol. The van der Waals surface area contributed by atoms with Crippen molar-refractivity contribution in [3.05, 3.63) is 59.4 Å². The number of amides is 1. The second-order valence-corrected chi connectivity index (χ2v) is 11.8. The molecule has 0 radical (unpaired) electrons. The maximum Gasteiger partial charge on any atom is 0.319 e. The Morgan fingerprint density at radius 1 is 1.14 bits per heavy atom. The van der Waals surface area contributed by atoms with E-state index >= 15 is 0 Å². The Balaban J connectivity index is 1.93. The number of benzene rings is 2. The van der Waals surface area contributed by atoms with Crippen LogP contribution < -0.4 is 10.1 Å². The van der Waals surface area contributed by atoms with Crippen LogP contribution in [-0.4, -0.2) is 38.4 Å². The quantitative estimate of drug-likeness (QED) is 0.268. The minimum atomic E-state index is -0.932. The molecule has 0 aliphatic carbocycles. The van der Waals surface area contributed by atoms with E-state index in [1.54, 1.807) is 21.0 Å². The second-order valence-electron chi connectivity index (χ2n) is 10.1. The number of aromatic nitrogens is 2. The van der Waals surface area contributed by atoms with Crippen molar-refractivity contribution >= 4 is 29.3 Å². The van der Waals surface area contributed by atoms with Crippen molar-refractivity contribution < 1.29 is 19.4 Å². The minimum absolute atomic E-state index is 0.259. The van der Waals surface area contributed by atoms with Gasteiger partial charge in [0.15, 0.2) is 0 Å². The van der Waals surface area contributed by atoms with E-state index in [1.165, 1.54) is 11.8 Å². The van der Waals surface area contributed by atoms with E-state index in [9.17, 15) is 14.7 Å². The van der Waals surface area contributed by atoms with Crippen molar-refractivity contribution in [1.82, 2.24) is 9.55 Å². The topological polar surface area (TPSA) is 93.4 Å². The van der Waals surface area contributed by atoms with E-state index in [-0.39, 0.29) is 5.91 Å². The Morgan fingerprint density at radius 3 is 2.38 bits per heavy atom. The van der Waals surface area contributed by atoms with Gasteiger partial charge in [0, 0.05) is 28.4 Å². The van der Waals surface area contributed by atoms with Crippen LogP contribution in [0.1, 0.15) is 62.3 Å². The van der Waals surface area contributed by atoms with Crippen LogP contribution in [0.15, 0.2) is 47.4 Å². The number of rotatable bonds is 11. The number of anilines is 1. The smallest absolute Gasteiger partial charge is 0.319 e. The number of methoxy groups -OCH3 is 1. The summed E-state index contributed by atoms with van der Waals surface area (Å²) >= 11 is 1.30. The first-order chi connectivity index (χ1) is 17.4. The molecule has 1 amide bonds. The molecule has 0 spiro atoms.